The van der Waals surface area contributed by atoms with Crippen molar-refractivity contribution in [1.29, 1.82) is 0 Å². The fourth-order valence-electron chi connectivity index (χ4n) is 3.13. The number of rotatable bonds is 5. The van der Waals surface area contributed by atoms with Crippen molar-refractivity contribution in [1.82, 2.24) is 9.97 Å². The number of carbonyl (C=O) groups is 2. The van der Waals surface area contributed by atoms with Gasteiger partial charge in [-0.2, -0.15) is 0 Å². The minimum Gasteiger partial charge on any atom is -0.449 e. The second-order valence-corrected chi connectivity index (χ2v) is 7.97. The molecule has 0 aliphatic carbocycles. The molecule has 1 amide bonds. The average molecular weight is 441 g/mol. The van der Waals surface area contributed by atoms with Gasteiger partial charge in [-0.15, -0.1) is 0 Å². The Labute approximate surface area is 177 Å². The topological polar surface area (TPSA) is 98.4 Å². The Morgan fingerprint density at radius 3 is 2.62 bits per heavy atom. The lowest BCUT2D eigenvalue weighted by molar-refractivity contribution is 0.0818. The highest BCUT2D eigenvalue weighted by molar-refractivity contribution is 6.34. The summed E-state index contributed by atoms with van der Waals surface area (Å²) in [6, 6.07) is 4.14. The molecule has 1 saturated heterocycles. The Morgan fingerprint density at radius 1 is 1.31 bits per heavy atom. The van der Waals surface area contributed by atoms with Crippen LogP contribution in [0.1, 0.15) is 35.8 Å². The minimum absolute atomic E-state index is 0.114. The highest BCUT2D eigenvalue weighted by atomic mass is 35.5. The first-order valence-corrected chi connectivity index (χ1v) is 9.64. The smallest absolute Gasteiger partial charge is 0.404 e. The zero-order valence-electron chi connectivity index (χ0n) is 15.6. The number of benzene rings is 1. The van der Waals surface area contributed by atoms with Crippen LogP contribution in [0.3, 0.4) is 0 Å². The predicted octanol–water partition coefficient (Wildman–Crippen LogP) is 3.86. The van der Waals surface area contributed by atoms with Crippen molar-refractivity contribution in [3.63, 3.8) is 0 Å². The number of nitrogens with two attached hydrogens (primary N) is 1. The number of halogens is 3. The summed E-state index contributed by atoms with van der Waals surface area (Å²) in [6.07, 6.45) is 2.13. The maximum atomic E-state index is 14.1. The van der Waals surface area contributed by atoms with Crippen molar-refractivity contribution >= 4 is 40.9 Å². The zero-order chi connectivity index (χ0) is 21.2. The molecule has 3 rings (SSSR count). The molecule has 7 nitrogen and oxygen atoms in total. The number of hydrogen-bond acceptors (Lipinski definition) is 6. The molecular formula is C19H19Cl2FN4O3. The number of nitrogens with zero attached hydrogens (tertiary/aromatic N) is 3. The van der Waals surface area contributed by atoms with Crippen molar-refractivity contribution in [2.75, 3.05) is 24.6 Å². The average Bonchev–Trinajstić information content (AvgIpc) is 2.69. The van der Waals surface area contributed by atoms with Crippen LogP contribution < -0.4 is 10.6 Å². The van der Waals surface area contributed by atoms with Gasteiger partial charge in [-0.3, -0.25) is 4.79 Å². The fraction of sp³-hybridized carbons (Fsp3) is 0.368. The number of primary amides is 1. The first-order chi connectivity index (χ1) is 13.7. The molecule has 2 aromatic rings. The molecule has 0 unspecified atom stereocenters. The maximum Gasteiger partial charge on any atom is 0.404 e. The molecule has 0 atom stereocenters. The summed E-state index contributed by atoms with van der Waals surface area (Å²) in [6.45, 7) is 3.55. The van der Waals surface area contributed by atoms with Crippen LogP contribution >= 0.6 is 23.2 Å². The van der Waals surface area contributed by atoms with E-state index in [2.05, 4.69) is 9.97 Å². The summed E-state index contributed by atoms with van der Waals surface area (Å²) < 4.78 is 19.1. The van der Waals surface area contributed by atoms with Gasteiger partial charge in [0.05, 0.1) is 23.4 Å². The van der Waals surface area contributed by atoms with Gasteiger partial charge in [-0.05, 0) is 25.0 Å². The summed E-state index contributed by atoms with van der Waals surface area (Å²) >= 11 is 11.9. The van der Waals surface area contributed by atoms with Crippen LogP contribution in [0.25, 0.3) is 0 Å². The monoisotopic (exact) mass is 440 g/mol. The summed E-state index contributed by atoms with van der Waals surface area (Å²) in [5, 5.41) is -0.273. The molecule has 2 heterocycles. The van der Waals surface area contributed by atoms with E-state index in [1.54, 1.807) is 0 Å². The molecule has 0 saturated carbocycles. The number of carbonyl (C=O) groups excluding carboxylic acids is 2. The Morgan fingerprint density at radius 2 is 2.00 bits per heavy atom. The second kappa shape index (κ2) is 8.51. The van der Waals surface area contributed by atoms with Gasteiger partial charge in [0.15, 0.2) is 11.0 Å². The highest BCUT2D eigenvalue weighted by Gasteiger charge is 2.32. The van der Waals surface area contributed by atoms with Crippen LogP contribution in [0.4, 0.5) is 15.0 Å². The van der Waals surface area contributed by atoms with Crippen molar-refractivity contribution < 1.29 is 18.7 Å². The van der Waals surface area contributed by atoms with Gasteiger partial charge < -0.3 is 15.4 Å². The molecule has 10 heteroatoms. The lowest BCUT2D eigenvalue weighted by Gasteiger charge is -2.39. The lowest BCUT2D eigenvalue weighted by atomic mass is 9.81. The third-order valence-electron chi connectivity index (χ3n) is 4.99. The molecule has 1 aromatic heterocycles. The second-order valence-electron chi connectivity index (χ2n) is 7.20. The van der Waals surface area contributed by atoms with E-state index in [9.17, 15) is 14.0 Å². The first-order valence-electron chi connectivity index (χ1n) is 8.89. The molecule has 0 radical (unpaired) electrons. The highest BCUT2D eigenvalue weighted by Crippen LogP contribution is 2.33. The molecule has 0 bridgehead atoms. The number of piperidine rings is 1. The van der Waals surface area contributed by atoms with Crippen LogP contribution in [0, 0.1) is 11.2 Å². The van der Waals surface area contributed by atoms with E-state index in [-0.39, 0.29) is 33.5 Å². The molecular weight excluding hydrogens is 422 g/mol. The molecule has 0 spiro atoms. The molecule has 1 aromatic carbocycles. The van der Waals surface area contributed by atoms with E-state index in [0.717, 1.165) is 12.8 Å². The van der Waals surface area contributed by atoms with Crippen LogP contribution in [0.15, 0.2) is 24.4 Å². The maximum absolute atomic E-state index is 14.1. The van der Waals surface area contributed by atoms with E-state index in [4.69, 9.17) is 33.7 Å². The van der Waals surface area contributed by atoms with Crippen LogP contribution in [-0.2, 0) is 4.74 Å². The van der Waals surface area contributed by atoms with Crippen LogP contribution in [-0.4, -0.2) is 41.5 Å². The van der Waals surface area contributed by atoms with E-state index >= 15 is 0 Å². The molecule has 1 aliphatic rings. The van der Waals surface area contributed by atoms with Crippen molar-refractivity contribution in [2.24, 2.45) is 11.1 Å². The number of ketones is 1. The van der Waals surface area contributed by atoms with Crippen LogP contribution in [0.5, 0.6) is 0 Å². The van der Waals surface area contributed by atoms with Crippen molar-refractivity contribution in [2.45, 2.75) is 19.8 Å². The SMILES string of the molecule is CC1(COC(N)=O)CCN(c2cnc(C(=O)c3cccc(Cl)c3F)c(Cl)n2)CC1. The Bertz CT molecular complexity index is 949. The first kappa shape index (κ1) is 21.3. The molecule has 29 heavy (non-hydrogen) atoms. The van der Waals surface area contributed by atoms with E-state index in [1.807, 2.05) is 11.8 Å². The van der Waals surface area contributed by atoms with Gasteiger partial charge in [0.1, 0.15) is 11.5 Å². The van der Waals surface area contributed by atoms with Gasteiger partial charge >= 0.3 is 6.09 Å². The zero-order valence-corrected chi connectivity index (χ0v) is 17.1. The largest absolute Gasteiger partial charge is 0.449 e. The summed E-state index contributed by atoms with van der Waals surface area (Å²) in [5.41, 5.74) is 4.50. The summed E-state index contributed by atoms with van der Waals surface area (Å²) in [4.78, 5) is 33.8. The third-order valence-corrected chi connectivity index (χ3v) is 5.54. The molecule has 1 aliphatic heterocycles. The number of ether oxygens (including phenoxy) is 1. The molecule has 2 N–H and O–H groups in total. The van der Waals surface area contributed by atoms with Crippen molar-refractivity contribution in [3.8, 4) is 0 Å². The quantitative estimate of drug-likeness (QED) is 0.708. The summed E-state index contributed by atoms with van der Waals surface area (Å²) in [5.74, 6) is -1.01. The minimum atomic E-state index is -0.824. The number of amides is 1. The lowest BCUT2D eigenvalue weighted by Crippen LogP contribution is -2.42. The Kier molecular flexibility index (Phi) is 6.24. The van der Waals surface area contributed by atoms with Gasteiger partial charge in [0.25, 0.3) is 0 Å². The fourth-order valence-corrected chi connectivity index (χ4v) is 3.53. The molecule has 1 fully saturated rings. The van der Waals surface area contributed by atoms with Gasteiger partial charge in [0, 0.05) is 18.5 Å². The number of aromatic nitrogens is 2. The third kappa shape index (κ3) is 4.76. The van der Waals surface area contributed by atoms with Crippen LogP contribution in [0.2, 0.25) is 10.2 Å². The number of anilines is 1. The van der Waals surface area contributed by atoms with Gasteiger partial charge in [0.2, 0.25) is 5.78 Å². The van der Waals surface area contributed by atoms with Crippen molar-refractivity contribution in [3.05, 3.63) is 51.6 Å². The van der Waals surface area contributed by atoms with E-state index < -0.39 is 17.7 Å². The number of hydrogen-bond donors (Lipinski definition) is 1. The van der Waals surface area contributed by atoms with Gasteiger partial charge in [-0.25, -0.2) is 19.2 Å². The standard InChI is InChI=1S/C19H19Cl2FN4O3/c1-19(10-29-18(23)28)5-7-26(8-6-19)13-9-24-15(17(21)25-13)16(27)11-3-2-4-12(20)14(11)22/h2-4,9H,5-8,10H2,1H3,(H2,23,28). The van der Waals surface area contributed by atoms with Gasteiger partial charge in [-0.1, -0.05) is 36.2 Å². The molecule has 154 valence electrons. The Hall–Kier alpha value is -2.45. The predicted molar refractivity (Wildman–Crippen MR) is 107 cm³/mol. The Balaban J connectivity index is 1.73. The van der Waals surface area contributed by atoms with E-state index in [1.165, 1.54) is 24.4 Å². The van der Waals surface area contributed by atoms with E-state index in [0.29, 0.717) is 18.9 Å². The normalized spacial score (nSPS) is 15.8. The summed E-state index contributed by atoms with van der Waals surface area (Å²) in [7, 11) is 0.